The topological polar surface area (TPSA) is 44.2 Å². The van der Waals surface area contributed by atoms with E-state index in [2.05, 4.69) is 9.97 Å². The minimum absolute atomic E-state index is 0.327. The van der Waals surface area contributed by atoms with Crippen molar-refractivity contribution in [1.82, 2.24) is 9.97 Å². The van der Waals surface area contributed by atoms with Crippen LogP contribution in [0.25, 0.3) is 0 Å². The predicted molar refractivity (Wildman–Crippen MR) is 73.8 cm³/mol. The molecule has 0 N–H and O–H groups in total. The molecule has 2 heterocycles. The van der Waals surface area contributed by atoms with E-state index >= 15 is 0 Å². The first-order chi connectivity index (χ1) is 9.13. The number of hydrogen-bond donors (Lipinski definition) is 0. The third kappa shape index (κ3) is 2.96. The highest BCUT2D eigenvalue weighted by atomic mass is 35.5. The van der Waals surface area contributed by atoms with Crippen LogP contribution in [0.3, 0.4) is 0 Å². The summed E-state index contributed by atoms with van der Waals surface area (Å²) in [6.07, 6.45) is 3.39. The average Bonchev–Trinajstić information content (AvgIpc) is 2.40. The maximum atomic E-state index is 5.93. The molecule has 0 fully saturated rings. The number of rotatable bonds is 4. The molecule has 0 aliphatic rings. The van der Waals surface area contributed by atoms with Gasteiger partial charge in [-0.2, -0.15) is 0 Å². The SMILES string of the molecule is COc1c(C)cnc(COc2cccnc2Cl)c1C. The van der Waals surface area contributed by atoms with Crippen molar-refractivity contribution in [3.8, 4) is 11.5 Å². The van der Waals surface area contributed by atoms with Crippen LogP contribution in [-0.4, -0.2) is 17.1 Å². The van der Waals surface area contributed by atoms with E-state index < -0.39 is 0 Å². The Balaban J connectivity index is 2.19. The molecule has 0 amide bonds. The Labute approximate surface area is 117 Å². The van der Waals surface area contributed by atoms with Crippen molar-refractivity contribution in [2.75, 3.05) is 7.11 Å². The van der Waals surface area contributed by atoms with Crippen LogP contribution >= 0.6 is 11.6 Å². The number of pyridine rings is 2. The van der Waals surface area contributed by atoms with Crippen LogP contribution in [0.4, 0.5) is 0 Å². The van der Waals surface area contributed by atoms with E-state index in [4.69, 9.17) is 21.1 Å². The highest BCUT2D eigenvalue weighted by molar-refractivity contribution is 6.30. The fraction of sp³-hybridized carbons (Fsp3) is 0.286. The zero-order valence-electron chi connectivity index (χ0n) is 11.1. The van der Waals surface area contributed by atoms with Gasteiger partial charge in [-0.15, -0.1) is 0 Å². The van der Waals surface area contributed by atoms with E-state index in [0.29, 0.717) is 17.5 Å². The average molecular weight is 279 g/mol. The molecule has 0 aliphatic carbocycles. The van der Waals surface area contributed by atoms with Gasteiger partial charge in [0.15, 0.2) is 10.9 Å². The highest BCUT2D eigenvalue weighted by Gasteiger charge is 2.10. The molecule has 0 bridgehead atoms. The maximum absolute atomic E-state index is 5.93. The van der Waals surface area contributed by atoms with Crippen molar-refractivity contribution in [3.63, 3.8) is 0 Å². The van der Waals surface area contributed by atoms with Gasteiger partial charge in [0, 0.05) is 23.5 Å². The lowest BCUT2D eigenvalue weighted by molar-refractivity contribution is 0.298. The summed E-state index contributed by atoms with van der Waals surface area (Å²) < 4.78 is 11.0. The monoisotopic (exact) mass is 278 g/mol. The fourth-order valence-electron chi connectivity index (χ4n) is 1.84. The van der Waals surface area contributed by atoms with Gasteiger partial charge in [0.1, 0.15) is 12.4 Å². The number of aryl methyl sites for hydroxylation is 1. The molecular formula is C14H15ClN2O2. The quantitative estimate of drug-likeness (QED) is 0.805. The first-order valence-electron chi connectivity index (χ1n) is 5.86. The molecule has 0 radical (unpaired) electrons. The zero-order valence-corrected chi connectivity index (χ0v) is 11.9. The molecule has 4 nitrogen and oxygen atoms in total. The largest absolute Gasteiger partial charge is 0.496 e. The normalized spacial score (nSPS) is 10.3. The van der Waals surface area contributed by atoms with Crippen LogP contribution in [0.5, 0.6) is 11.5 Å². The summed E-state index contributed by atoms with van der Waals surface area (Å²) in [4.78, 5) is 8.32. The first kappa shape index (κ1) is 13.6. The summed E-state index contributed by atoms with van der Waals surface area (Å²) in [5.74, 6) is 1.38. The molecule has 0 unspecified atom stereocenters. The smallest absolute Gasteiger partial charge is 0.171 e. The predicted octanol–water partition coefficient (Wildman–Crippen LogP) is 3.33. The summed E-state index contributed by atoms with van der Waals surface area (Å²) in [6, 6.07) is 3.55. The Hall–Kier alpha value is -1.81. The van der Waals surface area contributed by atoms with Crippen LogP contribution < -0.4 is 9.47 Å². The Morgan fingerprint density at radius 2 is 2.05 bits per heavy atom. The van der Waals surface area contributed by atoms with Crippen molar-refractivity contribution < 1.29 is 9.47 Å². The molecule has 5 heteroatoms. The van der Waals surface area contributed by atoms with Crippen LogP contribution in [-0.2, 0) is 6.61 Å². The molecule has 0 saturated carbocycles. The van der Waals surface area contributed by atoms with E-state index in [9.17, 15) is 0 Å². The number of ether oxygens (including phenoxy) is 2. The van der Waals surface area contributed by atoms with Gasteiger partial charge in [0.05, 0.1) is 12.8 Å². The third-order valence-corrected chi connectivity index (χ3v) is 3.12. The van der Waals surface area contributed by atoms with E-state index in [0.717, 1.165) is 22.6 Å². The highest BCUT2D eigenvalue weighted by Crippen LogP contribution is 2.26. The number of halogens is 1. The van der Waals surface area contributed by atoms with Gasteiger partial charge >= 0.3 is 0 Å². The van der Waals surface area contributed by atoms with Crippen molar-refractivity contribution >= 4 is 11.6 Å². The van der Waals surface area contributed by atoms with E-state index in [1.54, 1.807) is 31.6 Å². The van der Waals surface area contributed by atoms with Crippen molar-refractivity contribution in [3.05, 3.63) is 46.5 Å². The Morgan fingerprint density at radius 1 is 1.26 bits per heavy atom. The standard InChI is InChI=1S/C14H15ClN2O2/c1-9-7-17-11(10(2)13(9)18-3)8-19-12-5-4-6-16-14(12)15/h4-7H,8H2,1-3H3. The number of aromatic nitrogens is 2. The summed E-state index contributed by atoms with van der Waals surface area (Å²) in [5, 5.41) is 0.347. The van der Waals surface area contributed by atoms with Gasteiger partial charge in [-0.05, 0) is 26.0 Å². The number of hydrogen-bond acceptors (Lipinski definition) is 4. The van der Waals surface area contributed by atoms with Gasteiger partial charge in [-0.3, -0.25) is 4.98 Å². The lowest BCUT2D eigenvalue weighted by Crippen LogP contribution is -2.04. The minimum Gasteiger partial charge on any atom is -0.496 e. The lowest BCUT2D eigenvalue weighted by Gasteiger charge is -2.13. The lowest BCUT2D eigenvalue weighted by atomic mass is 10.1. The third-order valence-electron chi connectivity index (χ3n) is 2.84. The van der Waals surface area contributed by atoms with Crippen molar-refractivity contribution in [2.24, 2.45) is 0 Å². The molecule has 0 aliphatic heterocycles. The minimum atomic E-state index is 0.327. The van der Waals surface area contributed by atoms with Crippen LogP contribution in [0, 0.1) is 13.8 Å². The van der Waals surface area contributed by atoms with Gasteiger partial charge < -0.3 is 9.47 Å². The number of methoxy groups -OCH3 is 1. The van der Waals surface area contributed by atoms with E-state index in [1.807, 2.05) is 13.8 Å². The molecule has 100 valence electrons. The van der Waals surface area contributed by atoms with Crippen LogP contribution in [0.15, 0.2) is 24.5 Å². The second-order valence-corrected chi connectivity index (χ2v) is 4.49. The molecule has 2 aromatic rings. The summed E-state index contributed by atoms with van der Waals surface area (Å²) >= 11 is 5.93. The summed E-state index contributed by atoms with van der Waals surface area (Å²) in [7, 11) is 1.65. The fourth-order valence-corrected chi connectivity index (χ4v) is 2.02. The van der Waals surface area contributed by atoms with Crippen LogP contribution in [0.1, 0.15) is 16.8 Å². The maximum Gasteiger partial charge on any atom is 0.171 e. The molecule has 19 heavy (non-hydrogen) atoms. The van der Waals surface area contributed by atoms with Gasteiger partial charge in [-0.1, -0.05) is 11.6 Å². The summed E-state index contributed by atoms with van der Waals surface area (Å²) in [6.45, 7) is 4.25. The Morgan fingerprint density at radius 3 is 2.74 bits per heavy atom. The number of nitrogens with zero attached hydrogens (tertiary/aromatic N) is 2. The van der Waals surface area contributed by atoms with Crippen LogP contribution in [0.2, 0.25) is 5.15 Å². The molecule has 2 rings (SSSR count). The van der Waals surface area contributed by atoms with Gasteiger partial charge in [-0.25, -0.2) is 4.98 Å². The van der Waals surface area contributed by atoms with Crippen molar-refractivity contribution in [2.45, 2.75) is 20.5 Å². The van der Waals surface area contributed by atoms with Crippen molar-refractivity contribution in [1.29, 1.82) is 0 Å². The molecular weight excluding hydrogens is 264 g/mol. The second kappa shape index (κ2) is 5.89. The zero-order chi connectivity index (χ0) is 13.8. The Bertz CT molecular complexity index is 588. The second-order valence-electron chi connectivity index (χ2n) is 4.13. The Kier molecular flexibility index (Phi) is 4.22. The molecule has 0 saturated heterocycles. The first-order valence-corrected chi connectivity index (χ1v) is 6.23. The summed E-state index contributed by atoms with van der Waals surface area (Å²) in [5.41, 5.74) is 2.80. The van der Waals surface area contributed by atoms with E-state index in [-0.39, 0.29) is 0 Å². The van der Waals surface area contributed by atoms with E-state index in [1.165, 1.54) is 0 Å². The van der Waals surface area contributed by atoms with Gasteiger partial charge in [0.2, 0.25) is 0 Å². The molecule has 0 spiro atoms. The van der Waals surface area contributed by atoms with Gasteiger partial charge in [0.25, 0.3) is 0 Å². The molecule has 0 aromatic carbocycles. The molecule has 0 atom stereocenters. The molecule has 2 aromatic heterocycles.